The van der Waals surface area contributed by atoms with E-state index in [9.17, 15) is 9.59 Å². The Morgan fingerprint density at radius 1 is 0.946 bits per heavy atom. The number of esters is 1. The van der Waals surface area contributed by atoms with Crippen LogP contribution in [0.3, 0.4) is 0 Å². The first-order valence-corrected chi connectivity index (χ1v) is 13.3. The summed E-state index contributed by atoms with van der Waals surface area (Å²) in [5, 5.41) is 4.15. The third-order valence-corrected chi connectivity index (χ3v) is 7.54. The molecule has 2 heterocycles. The minimum Gasteiger partial charge on any atom is -0.465 e. The van der Waals surface area contributed by atoms with Crippen molar-refractivity contribution in [1.82, 2.24) is 4.98 Å². The van der Waals surface area contributed by atoms with Crippen LogP contribution in [-0.4, -0.2) is 24.0 Å². The maximum Gasteiger partial charge on any atom is 0.340 e. The number of aryl methyl sites for hydroxylation is 1. The van der Waals surface area contributed by atoms with Crippen LogP contribution >= 0.6 is 27.3 Å². The number of aromatic nitrogens is 1. The number of fused-ring (bicyclic) bond motifs is 1. The quantitative estimate of drug-likeness (QED) is 0.213. The molecule has 0 spiro atoms. The number of methoxy groups -OCH3 is 1. The van der Waals surface area contributed by atoms with Gasteiger partial charge in [-0.25, -0.2) is 9.78 Å². The highest BCUT2D eigenvalue weighted by Gasteiger charge is 2.21. The Bertz CT molecular complexity index is 1610. The van der Waals surface area contributed by atoms with Gasteiger partial charge in [0.15, 0.2) is 0 Å². The van der Waals surface area contributed by atoms with E-state index in [1.54, 1.807) is 12.1 Å². The van der Waals surface area contributed by atoms with E-state index in [0.29, 0.717) is 39.1 Å². The summed E-state index contributed by atoms with van der Waals surface area (Å²) in [6.07, 6.45) is 0.647. The zero-order valence-corrected chi connectivity index (χ0v) is 22.7. The minimum absolute atomic E-state index is 0.322. The van der Waals surface area contributed by atoms with E-state index >= 15 is 0 Å². The molecule has 3 aromatic carbocycles. The maximum absolute atomic E-state index is 13.7. The molecule has 0 unspecified atom stereocenters. The van der Waals surface area contributed by atoms with Crippen molar-refractivity contribution in [1.29, 1.82) is 0 Å². The van der Waals surface area contributed by atoms with Crippen LogP contribution in [0.1, 0.15) is 36.7 Å². The lowest BCUT2D eigenvalue weighted by Crippen LogP contribution is -2.14. The maximum atomic E-state index is 13.7. The number of hydrogen-bond donors (Lipinski definition) is 1. The Hall–Kier alpha value is -3.81. The van der Waals surface area contributed by atoms with Crippen molar-refractivity contribution in [2.45, 2.75) is 13.3 Å². The van der Waals surface area contributed by atoms with Gasteiger partial charge in [-0.2, -0.15) is 0 Å². The lowest BCUT2D eigenvalue weighted by molar-refractivity contribution is 0.0602. The summed E-state index contributed by atoms with van der Waals surface area (Å²) in [7, 11) is 1.34. The smallest absolute Gasteiger partial charge is 0.340 e. The largest absolute Gasteiger partial charge is 0.465 e. The fraction of sp³-hybridized carbons (Fsp3) is 0.100. The van der Waals surface area contributed by atoms with Crippen molar-refractivity contribution in [3.63, 3.8) is 0 Å². The monoisotopic (exact) mass is 570 g/mol. The normalized spacial score (nSPS) is 10.9. The van der Waals surface area contributed by atoms with Crippen LogP contribution < -0.4 is 5.32 Å². The molecular formula is C30H23BrN2O3S. The number of benzene rings is 3. The number of rotatable bonds is 6. The minimum atomic E-state index is -0.492. The van der Waals surface area contributed by atoms with Crippen LogP contribution in [0, 0.1) is 6.92 Å². The van der Waals surface area contributed by atoms with Gasteiger partial charge >= 0.3 is 5.97 Å². The molecule has 0 bridgehead atoms. The molecule has 1 amide bonds. The van der Waals surface area contributed by atoms with Gasteiger partial charge in [0.1, 0.15) is 5.00 Å². The van der Waals surface area contributed by atoms with Crippen molar-refractivity contribution in [3.05, 3.63) is 117 Å². The molecule has 0 aliphatic heterocycles. The molecule has 5 nitrogen and oxygen atoms in total. The number of thiophene rings is 1. The second-order valence-corrected chi connectivity index (χ2v) is 10.7. The first-order valence-electron chi connectivity index (χ1n) is 11.6. The average molecular weight is 571 g/mol. The molecule has 0 fully saturated rings. The summed E-state index contributed by atoms with van der Waals surface area (Å²) < 4.78 is 5.84. The third kappa shape index (κ3) is 5.48. The molecule has 0 radical (unpaired) electrons. The van der Waals surface area contributed by atoms with Gasteiger partial charge in [0.25, 0.3) is 5.91 Å². The zero-order chi connectivity index (χ0) is 25.9. The summed E-state index contributed by atoms with van der Waals surface area (Å²) in [4.78, 5) is 32.0. The molecule has 0 saturated heterocycles. The summed E-state index contributed by atoms with van der Waals surface area (Å²) >= 11 is 4.88. The lowest BCUT2D eigenvalue weighted by atomic mass is 10.0. The number of carbonyl (C=O) groups excluding carboxylic acids is 2. The number of ether oxygens (including phenoxy) is 1. The second kappa shape index (κ2) is 10.7. The summed E-state index contributed by atoms with van der Waals surface area (Å²) in [5.74, 6) is -0.814. The van der Waals surface area contributed by atoms with Crippen LogP contribution in [0.25, 0.3) is 22.2 Å². The molecule has 184 valence electrons. The van der Waals surface area contributed by atoms with E-state index in [0.717, 1.165) is 26.0 Å². The van der Waals surface area contributed by atoms with Crippen molar-refractivity contribution in [2.24, 2.45) is 0 Å². The van der Waals surface area contributed by atoms with Gasteiger partial charge in [0.05, 0.1) is 29.4 Å². The van der Waals surface area contributed by atoms with E-state index in [1.165, 1.54) is 18.4 Å². The van der Waals surface area contributed by atoms with Crippen LogP contribution in [0.5, 0.6) is 0 Å². The second-order valence-electron chi connectivity index (χ2n) is 8.65. The fourth-order valence-electron chi connectivity index (χ4n) is 4.11. The molecule has 0 aliphatic rings. The molecular weight excluding hydrogens is 548 g/mol. The van der Waals surface area contributed by atoms with Gasteiger partial charge in [0.2, 0.25) is 0 Å². The average Bonchev–Trinajstić information content (AvgIpc) is 3.30. The standard InChI is InChI=1S/C30H23BrN2O3S/c1-18-8-10-20(11-9-18)27-17-24(23-15-21(31)12-13-26(23)32-27)28(34)33-29-25(30(35)36-2)16-22(37-29)14-19-6-4-3-5-7-19/h3-13,15-17H,14H2,1-2H3,(H,33,34). The zero-order valence-electron chi connectivity index (χ0n) is 20.2. The SMILES string of the molecule is COC(=O)c1cc(Cc2ccccc2)sc1NC(=O)c1cc(-c2ccc(C)cc2)nc2ccc(Br)cc12. The van der Waals surface area contributed by atoms with Gasteiger partial charge < -0.3 is 10.1 Å². The van der Waals surface area contributed by atoms with Crippen LogP contribution in [0.15, 0.2) is 89.4 Å². The number of carbonyl (C=O) groups is 2. The molecule has 0 saturated carbocycles. The van der Waals surface area contributed by atoms with E-state index in [-0.39, 0.29) is 5.91 Å². The molecule has 0 aliphatic carbocycles. The molecule has 2 aromatic heterocycles. The van der Waals surface area contributed by atoms with Crippen molar-refractivity contribution in [3.8, 4) is 11.3 Å². The van der Waals surface area contributed by atoms with Gasteiger partial charge in [-0.05, 0) is 42.8 Å². The Kier molecular flexibility index (Phi) is 7.17. The van der Waals surface area contributed by atoms with Crippen molar-refractivity contribution >= 4 is 55.0 Å². The predicted molar refractivity (Wildman–Crippen MR) is 152 cm³/mol. The number of anilines is 1. The number of nitrogens with zero attached hydrogens (tertiary/aromatic N) is 1. The van der Waals surface area contributed by atoms with Crippen LogP contribution in [0.2, 0.25) is 0 Å². The Labute approximate surface area is 227 Å². The molecule has 5 rings (SSSR count). The topological polar surface area (TPSA) is 68.3 Å². The summed E-state index contributed by atoms with van der Waals surface area (Å²) in [6, 6.07) is 27.3. The molecule has 37 heavy (non-hydrogen) atoms. The van der Waals surface area contributed by atoms with Gasteiger partial charge in [-0.15, -0.1) is 11.3 Å². The van der Waals surface area contributed by atoms with E-state index < -0.39 is 5.97 Å². The first kappa shape index (κ1) is 24.9. The number of hydrogen-bond acceptors (Lipinski definition) is 5. The Balaban J connectivity index is 1.55. The van der Waals surface area contributed by atoms with Crippen molar-refractivity contribution < 1.29 is 14.3 Å². The van der Waals surface area contributed by atoms with Gasteiger partial charge in [-0.1, -0.05) is 76.1 Å². The highest BCUT2D eigenvalue weighted by molar-refractivity contribution is 9.10. The highest BCUT2D eigenvalue weighted by Crippen LogP contribution is 2.33. The molecule has 7 heteroatoms. The Morgan fingerprint density at radius 2 is 1.70 bits per heavy atom. The number of halogens is 1. The van der Waals surface area contributed by atoms with E-state index in [4.69, 9.17) is 9.72 Å². The van der Waals surface area contributed by atoms with Crippen molar-refractivity contribution in [2.75, 3.05) is 12.4 Å². The van der Waals surface area contributed by atoms with Crippen LogP contribution in [0.4, 0.5) is 5.00 Å². The van der Waals surface area contributed by atoms with Gasteiger partial charge in [0, 0.05) is 26.7 Å². The van der Waals surface area contributed by atoms with E-state index in [1.807, 2.05) is 79.7 Å². The molecule has 0 atom stereocenters. The van der Waals surface area contributed by atoms with E-state index in [2.05, 4.69) is 21.2 Å². The molecule has 1 N–H and O–H groups in total. The number of nitrogens with one attached hydrogen (secondary N) is 1. The number of pyridine rings is 1. The molecule has 5 aromatic rings. The predicted octanol–water partition coefficient (Wildman–Crippen LogP) is 7.66. The Morgan fingerprint density at radius 3 is 2.43 bits per heavy atom. The fourth-order valence-corrected chi connectivity index (χ4v) is 5.54. The number of amides is 1. The summed E-state index contributed by atoms with van der Waals surface area (Å²) in [5.41, 5.74) is 5.39. The van der Waals surface area contributed by atoms with Crippen LogP contribution in [-0.2, 0) is 11.2 Å². The lowest BCUT2D eigenvalue weighted by Gasteiger charge is -2.11. The summed E-state index contributed by atoms with van der Waals surface area (Å²) in [6.45, 7) is 2.03. The first-order chi connectivity index (χ1) is 17.9. The highest BCUT2D eigenvalue weighted by atomic mass is 79.9. The van der Waals surface area contributed by atoms with Gasteiger partial charge in [-0.3, -0.25) is 4.79 Å². The third-order valence-electron chi connectivity index (χ3n) is 6.00.